The highest BCUT2D eigenvalue weighted by molar-refractivity contribution is 5.94. The molecule has 136 valence electrons. The summed E-state index contributed by atoms with van der Waals surface area (Å²) in [5.41, 5.74) is 0.594. The van der Waals surface area contributed by atoms with Crippen molar-refractivity contribution >= 4 is 17.5 Å². The van der Waals surface area contributed by atoms with Gasteiger partial charge >= 0.3 is 0 Å². The molecule has 2 amide bonds. The Morgan fingerprint density at radius 1 is 1.24 bits per heavy atom. The van der Waals surface area contributed by atoms with Crippen molar-refractivity contribution in [2.45, 2.75) is 57.9 Å². The van der Waals surface area contributed by atoms with Gasteiger partial charge in [-0.3, -0.25) is 14.6 Å². The normalized spacial score (nSPS) is 27.0. The predicted molar refractivity (Wildman–Crippen MR) is 96.3 cm³/mol. The van der Waals surface area contributed by atoms with Crippen molar-refractivity contribution < 1.29 is 9.59 Å². The quantitative estimate of drug-likeness (QED) is 0.499. The fraction of sp³-hybridized carbons (Fsp3) is 0.632. The summed E-state index contributed by atoms with van der Waals surface area (Å²) in [4.78, 5) is 29.3. The number of nitrogens with zero attached hydrogens (tertiary/aromatic N) is 2. The van der Waals surface area contributed by atoms with E-state index in [1.54, 1.807) is 24.5 Å². The van der Waals surface area contributed by atoms with Crippen LogP contribution in [0.2, 0.25) is 0 Å². The van der Waals surface area contributed by atoms with Gasteiger partial charge in [0.1, 0.15) is 0 Å². The van der Waals surface area contributed by atoms with Crippen LogP contribution >= 0.6 is 0 Å². The van der Waals surface area contributed by atoms with Gasteiger partial charge < -0.3 is 5.32 Å². The molecule has 6 heteroatoms. The Morgan fingerprint density at radius 3 is 2.68 bits per heavy atom. The average molecular weight is 344 g/mol. The summed E-state index contributed by atoms with van der Waals surface area (Å²) in [6, 6.07) is 3.61. The van der Waals surface area contributed by atoms with Crippen LogP contribution in [0, 0.1) is 17.8 Å². The maximum absolute atomic E-state index is 12.9. The third-order valence-corrected chi connectivity index (χ3v) is 5.75. The number of nitrogens with two attached hydrogens (primary N) is 1. The lowest BCUT2D eigenvalue weighted by Crippen LogP contribution is -2.49. The van der Waals surface area contributed by atoms with Gasteiger partial charge in [-0.2, -0.15) is 0 Å². The zero-order valence-corrected chi connectivity index (χ0v) is 14.9. The summed E-state index contributed by atoms with van der Waals surface area (Å²) in [6.07, 6.45) is 10.0. The van der Waals surface area contributed by atoms with Gasteiger partial charge in [-0.15, -0.1) is 0 Å². The zero-order chi connectivity index (χ0) is 17.8. The first-order chi connectivity index (χ1) is 12.1. The summed E-state index contributed by atoms with van der Waals surface area (Å²) in [6.45, 7) is 2.09. The largest absolute Gasteiger partial charge is 0.353 e. The van der Waals surface area contributed by atoms with Crippen LogP contribution in [0.3, 0.4) is 0 Å². The molecule has 25 heavy (non-hydrogen) atoms. The van der Waals surface area contributed by atoms with Gasteiger partial charge in [0, 0.05) is 24.1 Å². The maximum atomic E-state index is 12.9. The molecule has 0 radical (unpaired) electrons. The molecule has 3 N–H and O–H groups in total. The molecule has 1 aromatic heterocycles. The summed E-state index contributed by atoms with van der Waals surface area (Å²) < 4.78 is 0. The Labute approximate surface area is 149 Å². The van der Waals surface area contributed by atoms with Gasteiger partial charge in [0.15, 0.2) is 0 Å². The maximum Gasteiger partial charge on any atom is 0.244 e. The molecule has 0 spiro atoms. The van der Waals surface area contributed by atoms with Crippen molar-refractivity contribution in [1.29, 1.82) is 0 Å². The van der Waals surface area contributed by atoms with E-state index in [1.807, 2.05) is 0 Å². The van der Waals surface area contributed by atoms with E-state index in [0.29, 0.717) is 12.1 Å². The first-order valence-corrected chi connectivity index (χ1v) is 9.35. The lowest BCUT2D eigenvalue weighted by molar-refractivity contribution is -0.128. The fourth-order valence-electron chi connectivity index (χ4n) is 4.11. The van der Waals surface area contributed by atoms with Gasteiger partial charge in [-0.25, -0.2) is 10.9 Å². The summed E-state index contributed by atoms with van der Waals surface area (Å²) in [5.74, 6) is 6.35. The van der Waals surface area contributed by atoms with E-state index in [0.717, 1.165) is 38.5 Å². The third-order valence-electron chi connectivity index (χ3n) is 5.75. The molecule has 0 saturated heterocycles. The minimum Gasteiger partial charge on any atom is -0.353 e. The topological polar surface area (TPSA) is 88.3 Å². The number of carbonyl (C=O) groups excluding carboxylic acids is 2. The second kappa shape index (κ2) is 7.95. The van der Waals surface area contributed by atoms with E-state index in [-0.39, 0.29) is 35.6 Å². The highest BCUT2D eigenvalue weighted by atomic mass is 16.2. The zero-order valence-electron chi connectivity index (χ0n) is 14.9. The fourth-order valence-corrected chi connectivity index (χ4v) is 4.11. The lowest BCUT2D eigenvalue weighted by atomic mass is 9.77. The smallest absolute Gasteiger partial charge is 0.244 e. The van der Waals surface area contributed by atoms with E-state index >= 15 is 0 Å². The van der Waals surface area contributed by atoms with E-state index in [9.17, 15) is 9.59 Å². The molecule has 0 bridgehead atoms. The van der Waals surface area contributed by atoms with Crippen molar-refractivity contribution in [1.82, 2.24) is 10.3 Å². The molecular formula is C19H28N4O2. The summed E-state index contributed by atoms with van der Waals surface area (Å²) >= 11 is 0. The van der Waals surface area contributed by atoms with E-state index < -0.39 is 0 Å². The molecule has 2 aliphatic carbocycles. The van der Waals surface area contributed by atoms with Crippen LogP contribution in [0.25, 0.3) is 0 Å². The van der Waals surface area contributed by atoms with Crippen molar-refractivity contribution in [2.24, 2.45) is 23.6 Å². The highest BCUT2D eigenvalue weighted by Crippen LogP contribution is 2.33. The van der Waals surface area contributed by atoms with Crippen LogP contribution in [-0.2, 0) is 9.59 Å². The molecule has 0 aromatic carbocycles. The number of hydrogen-bond acceptors (Lipinski definition) is 4. The molecule has 1 aromatic rings. The van der Waals surface area contributed by atoms with E-state index in [2.05, 4.69) is 17.2 Å². The second-order valence-corrected chi connectivity index (χ2v) is 7.50. The number of hydrogen-bond donors (Lipinski definition) is 2. The van der Waals surface area contributed by atoms with Crippen molar-refractivity contribution in [2.75, 3.05) is 5.01 Å². The predicted octanol–water partition coefficient (Wildman–Crippen LogP) is 2.40. The minimum atomic E-state index is -0.173. The first kappa shape index (κ1) is 17.9. The number of carbonyl (C=O) groups is 2. The molecule has 3 unspecified atom stereocenters. The third kappa shape index (κ3) is 4.18. The van der Waals surface area contributed by atoms with Gasteiger partial charge in [0.2, 0.25) is 11.8 Å². The van der Waals surface area contributed by atoms with Crippen LogP contribution in [0.15, 0.2) is 24.5 Å². The lowest BCUT2D eigenvalue weighted by Gasteiger charge is -2.36. The molecule has 3 rings (SSSR count). The van der Waals surface area contributed by atoms with Crippen LogP contribution in [-0.4, -0.2) is 22.8 Å². The van der Waals surface area contributed by atoms with Gasteiger partial charge in [0.25, 0.3) is 0 Å². The molecule has 3 atom stereocenters. The number of rotatable bonds is 4. The van der Waals surface area contributed by atoms with Crippen LogP contribution < -0.4 is 16.2 Å². The number of pyridine rings is 1. The standard InChI is InChI=1S/C19H28N4O2/c1-13-8-9-15(22-18(24)14-5-2-3-6-14)11-17(13)19(25)23(20)16-7-4-10-21-12-16/h4,7,10,12-15,17H,2-3,5-6,8-9,11,20H2,1H3,(H,22,24). The minimum absolute atomic E-state index is 0.0700. The summed E-state index contributed by atoms with van der Waals surface area (Å²) in [5, 5.41) is 4.39. The number of anilines is 1. The molecule has 1 heterocycles. The Balaban J connectivity index is 1.62. The monoisotopic (exact) mass is 344 g/mol. The van der Waals surface area contributed by atoms with Crippen molar-refractivity contribution in [3.63, 3.8) is 0 Å². The Hall–Kier alpha value is -1.95. The molecular weight excluding hydrogens is 316 g/mol. The molecule has 2 fully saturated rings. The van der Waals surface area contributed by atoms with Gasteiger partial charge in [-0.05, 0) is 50.2 Å². The van der Waals surface area contributed by atoms with Crippen molar-refractivity contribution in [3.8, 4) is 0 Å². The number of nitrogens with one attached hydrogen (secondary N) is 1. The van der Waals surface area contributed by atoms with Crippen molar-refractivity contribution in [3.05, 3.63) is 24.5 Å². The first-order valence-electron chi connectivity index (χ1n) is 9.35. The molecule has 6 nitrogen and oxygen atoms in total. The number of aromatic nitrogens is 1. The molecule has 2 saturated carbocycles. The Kier molecular flexibility index (Phi) is 5.68. The Bertz CT molecular complexity index is 601. The highest BCUT2D eigenvalue weighted by Gasteiger charge is 2.36. The summed E-state index contributed by atoms with van der Waals surface area (Å²) in [7, 11) is 0. The Morgan fingerprint density at radius 2 is 2.00 bits per heavy atom. The van der Waals surface area contributed by atoms with E-state index in [1.165, 1.54) is 5.01 Å². The van der Waals surface area contributed by atoms with E-state index in [4.69, 9.17) is 5.84 Å². The van der Waals surface area contributed by atoms with Crippen LogP contribution in [0.5, 0.6) is 0 Å². The molecule has 0 aliphatic heterocycles. The number of hydrazine groups is 1. The molecule has 2 aliphatic rings. The number of amides is 2. The van der Waals surface area contributed by atoms with Gasteiger partial charge in [-0.1, -0.05) is 19.8 Å². The SMILES string of the molecule is CC1CCC(NC(=O)C2CCCC2)CC1C(=O)N(N)c1cccnc1. The van der Waals surface area contributed by atoms with Crippen LogP contribution in [0.1, 0.15) is 51.9 Å². The average Bonchev–Trinajstić information content (AvgIpc) is 3.17. The van der Waals surface area contributed by atoms with Crippen LogP contribution in [0.4, 0.5) is 5.69 Å². The second-order valence-electron chi connectivity index (χ2n) is 7.50. The van der Waals surface area contributed by atoms with Gasteiger partial charge in [0.05, 0.1) is 11.9 Å².